The lowest BCUT2D eigenvalue weighted by molar-refractivity contribution is 0.498. The minimum atomic E-state index is -0.986. The van der Waals surface area contributed by atoms with Gasteiger partial charge in [-0.1, -0.05) is 30.3 Å². The summed E-state index contributed by atoms with van der Waals surface area (Å²) in [7, 11) is 0. The third kappa shape index (κ3) is 2.99. The highest BCUT2D eigenvalue weighted by atomic mass is 19.2. The number of rotatable bonds is 3. The molecule has 0 fully saturated rings. The molecular weight excluding hydrogens is 410 g/mol. The molecule has 3 aromatic carbocycles. The summed E-state index contributed by atoms with van der Waals surface area (Å²) in [6.45, 7) is 0.105. The van der Waals surface area contributed by atoms with Gasteiger partial charge in [0.1, 0.15) is 5.82 Å². The Morgan fingerprint density at radius 3 is 2.50 bits per heavy atom. The second-order valence-corrected chi connectivity index (χ2v) is 7.36. The van der Waals surface area contributed by atoms with E-state index in [4.69, 9.17) is 11.5 Å². The molecular formula is C24H16F2N6. The molecule has 0 aliphatic rings. The third-order valence-corrected chi connectivity index (χ3v) is 5.50. The fourth-order valence-electron chi connectivity index (χ4n) is 3.96. The largest absolute Gasteiger partial charge is 0.383 e. The molecule has 4 N–H and O–H groups in total. The van der Waals surface area contributed by atoms with Crippen LogP contribution in [0, 0.1) is 23.0 Å². The van der Waals surface area contributed by atoms with E-state index >= 15 is 4.39 Å². The maximum atomic E-state index is 15.0. The van der Waals surface area contributed by atoms with Crippen molar-refractivity contribution in [2.24, 2.45) is 0 Å². The first-order valence-electron chi connectivity index (χ1n) is 9.75. The lowest BCUT2D eigenvalue weighted by atomic mass is 9.98. The van der Waals surface area contributed by atoms with E-state index in [-0.39, 0.29) is 35.0 Å². The van der Waals surface area contributed by atoms with Gasteiger partial charge in [-0.3, -0.25) is 0 Å². The molecule has 5 rings (SSSR count). The second kappa shape index (κ2) is 7.32. The number of nitrogens with two attached hydrogens (primary N) is 2. The second-order valence-electron chi connectivity index (χ2n) is 7.36. The lowest BCUT2D eigenvalue weighted by Gasteiger charge is -2.12. The Kier molecular flexibility index (Phi) is 4.45. The van der Waals surface area contributed by atoms with Gasteiger partial charge in [0.05, 0.1) is 29.2 Å². The summed E-state index contributed by atoms with van der Waals surface area (Å²) in [5, 5.41) is 10.7. The van der Waals surface area contributed by atoms with Gasteiger partial charge in [0, 0.05) is 33.7 Å². The Balaban J connectivity index is 1.58. The highest BCUT2D eigenvalue weighted by molar-refractivity contribution is 6.07. The van der Waals surface area contributed by atoms with Crippen molar-refractivity contribution in [2.45, 2.75) is 6.54 Å². The van der Waals surface area contributed by atoms with Crippen LogP contribution in [0.1, 0.15) is 11.1 Å². The van der Waals surface area contributed by atoms with Gasteiger partial charge in [0.25, 0.3) is 0 Å². The van der Waals surface area contributed by atoms with E-state index in [9.17, 15) is 9.65 Å². The molecule has 0 amide bonds. The molecule has 0 aliphatic heterocycles. The smallest absolute Gasteiger partial charge is 0.222 e. The SMILES string of the molecule is N#Cc1ccccc1-c1ccc(Cn2ccc3c4nc(N)nc(N)c4ccc32)c(F)c1F. The molecule has 0 bridgehead atoms. The average molecular weight is 426 g/mol. The summed E-state index contributed by atoms with van der Waals surface area (Å²) < 4.78 is 31.8. The topological polar surface area (TPSA) is 107 Å². The van der Waals surface area contributed by atoms with E-state index < -0.39 is 11.6 Å². The monoisotopic (exact) mass is 426 g/mol. The zero-order valence-electron chi connectivity index (χ0n) is 16.7. The molecule has 6 nitrogen and oxygen atoms in total. The van der Waals surface area contributed by atoms with Gasteiger partial charge in [-0.05, 0) is 24.3 Å². The highest BCUT2D eigenvalue weighted by Crippen LogP contribution is 2.31. The number of benzene rings is 3. The Bertz CT molecular complexity index is 1570. The van der Waals surface area contributed by atoms with Crippen molar-refractivity contribution in [1.29, 1.82) is 5.26 Å². The summed E-state index contributed by atoms with van der Waals surface area (Å²) in [6, 6.07) is 17.0. The van der Waals surface area contributed by atoms with Crippen LogP contribution in [0.3, 0.4) is 0 Å². The summed E-state index contributed by atoms with van der Waals surface area (Å²) in [4.78, 5) is 8.27. The molecule has 0 atom stereocenters. The predicted octanol–water partition coefficient (Wildman–Crippen LogP) is 4.61. The van der Waals surface area contributed by atoms with Gasteiger partial charge >= 0.3 is 0 Å². The normalized spacial score (nSPS) is 11.2. The van der Waals surface area contributed by atoms with Gasteiger partial charge in [0.2, 0.25) is 5.95 Å². The van der Waals surface area contributed by atoms with Gasteiger partial charge in [-0.25, -0.2) is 13.8 Å². The van der Waals surface area contributed by atoms with Crippen molar-refractivity contribution in [3.63, 3.8) is 0 Å². The fraction of sp³-hybridized carbons (Fsp3) is 0.0417. The predicted molar refractivity (Wildman–Crippen MR) is 119 cm³/mol. The molecule has 2 aromatic heterocycles. The van der Waals surface area contributed by atoms with Crippen molar-refractivity contribution >= 4 is 33.6 Å². The standard InChI is InChI=1S/C24H16F2N6/c25-20-14(5-6-16(21(20)26)15-4-2-1-3-13(15)11-27)12-32-10-9-17-19(32)8-7-18-22(17)30-24(29)31-23(18)28/h1-10H,12H2,(H4,28,29,30,31). The molecule has 2 heterocycles. The lowest BCUT2D eigenvalue weighted by Crippen LogP contribution is -2.04. The van der Waals surface area contributed by atoms with Crippen LogP contribution in [0.15, 0.2) is 60.8 Å². The molecule has 8 heteroatoms. The molecule has 0 spiro atoms. The first-order valence-corrected chi connectivity index (χ1v) is 9.75. The first-order chi connectivity index (χ1) is 15.5. The Labute approximate surface area is 181 Å². The van der Waals surface area contributed by atoms with Crippen molar-refractivity contribution in [2.75, 3.05) is 11.5 Å². The number of nitrogens with zero attached hydrogens (tertiary/aromatic N) is 4. The molecule has 0 radical (unpaired) electrons. The molecule has 32 heavy (non-hydrogen) atoms. The Morgan fingerprint density at radius 2 is 1.69 bits per heavy atom. The number of nitriles is 1. The van der Waals surface area contributed by atoms with E-state index in [0.29, 0.717) is 16.5 Å². The van der Waals surface area contributed by atoms with E-state index in [1.807, 2.05) is 18.2 Å². The van der Waals surface area contributed by atoms with E-state index in [1.165, 1.54) is 12.1 Å². The maximum Gasteiger partial charge on any atom is 0.222 e. The maximum absolute atomic E-state index is 15.0. The number of anilines is 2. The van der Waals surface area contributed by atoms with Gasteiger partial charge in [0.15, 0.2) is 11.6 Å². The number of halogens is 2. The van der Waals surface area contributed by atoms with Crippen molar-refractivity contribution in [1.82, 2.24) is 14.5 Å². The van der Waals surface area contributed by atoms with Crippen molar-refractivity contribution < 1.29 is 8.78 Å². The minimum Gasteiger partial charge on any atom is -0.383 e. The third-order valence-electron chi connectivity index (χ3n) is 5.50. The fourth-order valence-corrected chi connectivity index (χ4v) is 3.96. The number of aromatic nitrogens is 3. The van der Waals surface area contributed by atoms with Crippen LogP contribution in [0.4, 0.5) is 20.5 Å². The number of nitrogen functional groups attached to an aromatic ring is 2. The molecule has 0 unspecified atom stereocenters. The quantitative estimate of drug-likeness (QED) is 0.438. The van der Waals surface area contributed by atoms with E-state index in [2.05, 4.69) is 9.97 Å². The highest BCUT2D eigenvalue weighted by Gasteiger charge is 2.18. The van der Waals surface area contributed by atoms with Crippen molar-refractivity contribution in [3.05, 3.63) is 83.6 Å². The average Bonchev–Trinajstić information content (AvgIpc) is 3.20. The van der Waals surface area contributed by atoms with Crippen LogP contribution < -0.4 is 11.5 Å². The number of hydrogen-bond donors (Lipinski definition) is 2. The summed E-state index contributed by atoms with van der Waals surface area (Å²) in [5.74, 6) is -1.59. The Hall–Kier alpha value is -4.51. The zero-order valence-corrected chi connectivity index (χ0v) is 16.7. The summed E-state index contributed by atoms with van der Waals surface area (Å²) >= 11 is 0. The molecule has 5 aromatic rings. The van der Waals surface area contributed by atoms with Gasteiger partial charge in [-0.15, -0.1) is 0 Å². The van der Waals surface area contributed by atoms with Crippen LogP contribution in [-0.2, 0) is 6.54 Å². The summed E-state index contributed by atoms with van der Waals surface area (Å²) in [5.41, 5.74) is 13.9. The zero-order chi connectivity index (χ0) is 22.4. The molecule has 156 valence electrons. The van der Waals surface area contributed by atoms with Crippen molar-refractivity contribution in [3.8, 4) is 17.2 Å². The molecule has 0 aliphatic carbocycles. The van der Waals surface area contributed by atoms with Crippen LogP contribution in [-0.4, -0.2) is 14.5 Å². The van der Waals surface area contributed by atoms with Crippen LogP contribution in [0.5, 0.6) is 0 Å². The van der Waals surface area contributed by atoms with Crippen LogP contribution in [0.25, 0.3) is 32.9 Å². The van der Waals surface area contributed by atoms with E-state index in [0.717, 1.165) is 10.9 Å². The molecule has 0 saturated heterocycles. The first kappa shape index (κ1) is 19.5. The van der Waals surface area contributed by atoms with Gasteiger partial charge in [-0.2, -0.15) is 10.2 Å². The number of hydrogen-bond acceptors (Lipinski definition) is 5. The Morgan fingerprint density at radius 1 is 0.875 bits per heavy atom. The number of fused-ring (bicyclic) bond motifs is 3. The minimum absolute atomic E-state index is 0.0504. The van der Waals surface area contributed by atoms with Crippen LogP contribution in [0.2, 0.25) is 0 Å². The van der Waals surface area contributed by atoms with E-state index in [1.54, 1.807) is 41.1 Å². The van der Waals surface area contributed by atoms with Crippen LogP contribution >= 0.6 is 0 Å². The molecule has 0 saturated carbocycles. The van der Waals surface area contributed by atoms with Gasteiger partial charge < -0.3 is 16.0 Å². The summed E-state index contributed by atoms with van der Waals surface area (Å²) in [6.07, 6.45) is 1.77.